The molecule has 0 aliphatic heterocycles. The van der Waals surface area contributed by atoms with Gasteiger partial charge in [-0.05, 0) is 32.8 Å². The fraction of sp³-hybridized carbons (Fsp3) is 0.381. The Balaban J connectivity index is 1.65. The molecular formula is C21H24N4O2. The van der Waals surface area contributed by atoms with E-state index in [4.69, 9.17) is 4.52 Å². The van der Waals surface area contributed by atoms with E-state index in [1.807, 2.05) is 66.9 Å². The maximum Gasteiger partial charge on any atom is 0.226 e. The lowest BCUT2D eigenvalue weighted by molar-refractivity contribution is -0.133. The second kappa shape index (κ2) is 7.02. The van der Waals surface area contributed by atoms with Crippen LogP contribution in [0.15, 0.2) is 40.9 Å². The van der Waals surface area contributed by atoms with Gasteiger partial charge < -0.3 is 9.42 Å². The van der Waals surface area contributed by atoms with Crippen molar-refractivity contribution in [2.75, 3.05) is 0 Å². The number of benzene rings is 1. The Hall–Kier alpha value is -2.89. The van der Waals surface area contributed by atoms with Crippen molar-refractivity contribution in [1.82, 2.24) is 19.8 Å². The molecule has 1 saturated carbocycles. The molecule has 0 saturated heterocycles. The molecule has 27 heavy (non-hydrogen) atoms. The maximum absolute atomic E-state index is 13.0. The number of nitrogens with zero attached hydrogens (tertiary/aromatic N) is 4. The van der Waals surface area contributed by atoms with E-state index in [1.54, 1.807) is 0 Å². The third-order valence-electron chi connectivity index (χ3n) is 5.07. The fourth-order valence-corrected chi connectivity index (χ4v) is 3.40. The van der Waals surface area contributed by atoms with Crippen molar-refractivity contribution >= 4 is 5.91 Å². The second-order valence-corrected chi connectivity index (χ2v) is 7.30. The summed E-state index contributed by atoms with van der Waals surface area (Å²) in [5, 5.41) is 8.67. The molecule has 4 rings (SSSR count). The van der Waals surface area contributed by atoms with Crippen molar-refractivity contribution in [2.24, 2.45) is 13.0 Å². The van der Waals surface area contributed by atoms with Crippen molar-refractivity contribution in [3.63, 3.8) is 0 Å². The number of hydrogen-bond donors (Lipinski definition) is 0. The molecule has 0 spiro atoms. The summed E-state index contributed by atoms with van der Waals surface area (Å²) in [6.07, 6.45) is 1.96. The van der Waals surface area contributed by atoms with Crippen LogP contribution in [0.2, 0.25) is 0 Å². The lowest BCUT2D eigenvalue weighted by Crippen LogP contribution is -2.32. The van der Waals surface area contributed by atoms with Crippen LogP contribution >= 0.6 is 0 Å². The predicted octanol–water partition coefficient (Wildman–Crippen LogP) is 3.63. The first-order chi connectivity index (χ1) is 13.0. The number of amides is 1. The quantitative estimate of drug-likeness (QED) is 0.670. The molecule has 0 bridgehead atoms. The summed E-state index contributed by atoms with van der Waals surface area (Å²) < 4.78 is 7.33. The smallest absolute Gasteiger partial charge is 0.226 e. The zero-order chi connectivity index (χ0) is 19.0. The minimum atomic E-state index is 0.152. The Morgan fingerprint density at radius 3 is 2.59 bits per heavy atom. The van der Waals surface area contributed by atoms with Gasteiger partial charge in [-0.3, -0.25) is 9.48 Å². The topological polar surface area (TPSA) is 64.2 Å². The molecule has 1 aliphatic carbocycles. The third kappa shape index (κ3) is 3.65. The third-order valence-corrected chi connectivity index (χ3v) is 5.07. The summed E-state index contributed by atoms with van der Waals surface area (Å²) in [5.74, 6) is 1.11. The summed E-state index contributed by atoms with van der Waals surface area (Å²) in [6, 6.07) is 12.0. The number of hydrogen-bond acceptors (Lipinski definition) is 4. The molecule has 6 heteroatoms. The van der Waals surface area contributed by atoms with Gasteiger partial charge in [0.1, 0.15) is 11.5 Å². The summed E-state index contributed by atoms with van der Waals surface area (Å²) in [4.78, 5) is 14.9. The van der Waals surface area contributed by atoms with E-state index < -0.39 is 0 Å². The molecule has 0 radical (unpaired) electrons. The average molecular weight is 364 g/mol. The van der Waals surface area contributed by atoms with Gasteiger partial charge in [0.05, 0.1) is 24.5 Å². The van der Waals surface area contributed by atoms with Crippen molar-refractivity contribution < 1.29 is 9.32 Å². The highest BCUT2D eigenvalue weighted by Crippen LogP contribution is 2.33. The van der Waals surface area contributed by atoms with E-state index in [0.29, 0.717) is 13.1 Å². The minimum Gasteiger partial charge on any atom is -0.361 e. The molecule has 2 heterocycles. The molecule has 1 aliphatic rings. The van der Waals surface area contributed by atoms with Crippen LogP contribution < -0.4 is 0 Å². The molecule has 6 nitrogen and oxygen atoms in total. The van der Waals surface area contributed by atoms with Crippen LogP contribution in [0, 0.1) is 19.8 Å². The minimum absolute atomic E-state index is 0.152. The molecule has 3 aromatic rings. The van der Waals surface area contributed by atoms with Crippen LogP contribution in [-0.4, -0.2) is 25.7 Å². The standard InChI is InChI=1S/C21H24N4O2/c1-14-11-18(24(3)22-14)12-25(21(26)17-9-10-17)13-19-15(2)27-23-20(19)16-7-5-4-6-8-16/h4-8,11,17H,9-10,12-13H2,1-3H3. The fourth-order valence-electron chi connectivity index (χ4n) is 3.40. The molecule has 0 unspecified atom stereocenters. The van der Waals surface area contributed by atoms with Gasteiger partial charge >= 0.3 is 0 Å². The normalized spacial score (nSPS) is 13.7. The lowest BCUT2D eigenvalue weighted by Gasteiger charge is -2.23. The van der Waals surface area contributed by atoms with Gasteiger partial charge in [0, 0.05) is 24.1 Å². The lowest BCUT2D eigenvalue weighted by atomic mass is 10.1. The first-order valence-electron chi connectivity index (χ1n) is 9.32. The van der Waals surface area contributed by atoms with Gasteiger partial charge in [-0.25, -0.2) is 0 Å². The summed E-state index contributed by atoms with van der Waals surface area (Å²) in [7, 11) is 1.92. The predicted molar refractivity (Wildman–Crippen MR) is 102 cm³/mol. The number of rotatable bonds is 6. The highest BCUT2D eigenvalue weighted by Gasteiger charge is 2.34. The van der Waals surface area contributed by atoms with Gasteiger partial charge in [-0.2, -0.15) is 5.10 Å². The van der Waals surface area contributed by atoms with Crippen LogP contribution in [0.3, 0.4) is 0 Å². The van der Waals surface area contributed by atoms with Gasteiger partial charge in [-0.15, -0.1) is 0 Å². The molecule has 1 aromatic carbocycles. The number of aryl methyl sites for hydroxylation is 3. The van der Waals surface area contributed by atoms with E-state index in [2.05, 4.69) is 10.3 Å². The molecule has 2 aromatic heterocycles. The van der Waals surface area contributed by atoms with Crippen molar-refractivity contribution in [2.45, 2.75) is 39.8 Å². The van der Waals surface area contributed by atoms with Gasteiger partial charge in [0.2, 0.25) is 5.91 Å². The van der Waals surface area contributed by atoms with Gasteiger partial charge in [0.15, 0.2) is 0 Å². The zero-order valence-corrected chi connectivity index (χ0v) is 16.0. The van der Waals surface area contributed by atoms with Crippen LogP contribution in [-0.2, 0) is 24.9 Å². The van der Waals surface area contributed by atoms with Crippen molar-refractivity contribution in [1.29, 1.82) is 0 Å². The summed E-state index contributed by atoms with van der Waals surface area (Å²) in [5.41, 5.74) is 4.76. The maximum atomic E-state index is 13.0. The highest BCUT2D eigenvalue weighted by atomic mass is 16.5. The van der Waals surface area contributed by atoms with E-state index >= 15 is 0 Å². The Labute approximate surface area is 158 Å². The molecule has 0 atom stereocenters. The number of aromatic nitrogens is 3. The molecule has 1 fully saturated rings. The van der Waals surface area contributed by atoms with E-state index in [-0.39, 0.29) is 11.8 Å². The van der Waals surface area contributed by atoms with E-state index in [1.165, 1.54) is 0 Å². The first-order valence-corrected chi connectivity index (χ1v) is 9.32. The summed E-state index contributed by atoms with van der Waals surface area (Å²) >= 11 is 0. The molecule has 0 N–H and O–H groups in total. The average Bonchev–Trinajstić information content (AvgIpc) is 3.38. The van der Waals surface area contributed by atoms with E-state index in [0.717, 1.165) is 46.8 Å². The van der Waals surface area contributed by atoms with Gasteiger partial charge in [0.25, 0.3) is 0 Å². The second-order valence-electron chi connectivity index (χ2n) is 7.30. The number of carbonyl (C=O) groups is 1. The summed E-state index contributed by atoms with van der Waals surface area (Å²) in [6.45, 7) is 4.89. The number of carbonyl (C=O) groups excluding carboxylic acids is 1. The van der Waals surface area contributed by atoms with Crippen molar-refractivity contribution in [3.05, 3.63) is 59.1 Å². The van der Waals surface area contributed by atoms with Gasteiger partial charge in [-0.1, -0.05) is 35.5 Å². The van der Waals surface area contributed by atoms with Crippen LogP contribution in [0.1, 0.15) is 35.6 Å². The monoisotopic (exact) mass is 364 g/mol. The van der Waals surface area contributed by atoms with Crippen molar-refractivity contribution in [3.8, 4) is 11.3 Å². The Bertz CT molecular complexity index is 954. The SMILES string of the molecule is Cc1cc(CN(Cc2c(-c3ccccc3)noc2C)C(=O)C2CC2)n(C)n1. The van der Waals surface area contributed by atoms with Crippen LogP contribution in [0.25, 0.3) is 11.3 Å². The largest absolute Gasteiger partial charge is 0.361 e. The molecule has 140 valence electrons. The Morgan fingerprint density at radius 2 is 1.96 bits per heavy atom. The first kappa shape index (κ1) is 17.5. The Morgan fingerprint density at radius 1 is 1.22 bits per heavy atom. The Kier molecular flexibility index (Phi) is 4.56. The van der Waals surface area contributed by atoms with E-state index in [9.17, 15) is 4.79 Å². The molecule has 1 amide bonds. The zero-order valence-electron chi connectivity index (χ0n) is 16.0. The van der Waals surface area contributed by atoms with Crippen LogP contribution in [0.5, 0.6) is 0 Å². The highest BCUT2D eigenvalue weighted by molar-refractivity contribution is 5.81. The van der Waals surface area contributed by atoms with Crippen LogP contribution in [0.4, 0.5) is 0 Å². The molecular weight excluding hydrogens is 340 g/mol.